The summed E-state index contributed by atoms with van der Waals surface area (Å²) in [5.74, 6) is -0.546. The van der Waals surface area contributed by atoms with Crippen molar-refractivity contribution in [3.05, 3.63) is 42.1 Å². The molecule has 2 aromatic rings. The van der Waals surface area contributed by atoms with Crippen molar-refractivity contribution in [2.45, 2.75) is 6.42 Å². The molecule has 0 saturated heterocycles. The number of esters is 1. The van der Waals surface area contributed by atoms with Crippen LogP contribution in [0.3, 0.4) is 0 Å². The van der Waals surface area contributed by atoms with E-state index in [2.05, 4.69) is 9.72 Å². The highest BCUT2D eigenvalue weighted by Gasteiger charge is 2.14. The normalized spacial score (nSPS) is 10.3. The van der Waals surface area contributed by atoms with E-state index in [1.165, 1.54) is 12.0 Å². The van der Waals surface area contributed by atoms with Crippen LogP contribution < -0.4 is 0 Å². The number of ether oxygens (including phenoxy) is 1. The lowest BCUT2D eigenvalue weighted by atomic mass is 10.2. The van der Waals surface area contributed by atoms with Gasteiger partial charge in [0.25, 0.3) is 5.91 Å². The maximum Gasteiger partial charge on any atom is 0.307 e. The summed E-state index contributed by atoms with van der Waals surface area (Å²) in [6.07, 6.45) is 0.173. The number of nitrogens with zero attached hydrogens (tertiary/aromatic N) is 2. The smallest absolute Gasteiger partial charge is 0.307 e. The Kier molecular flexibility index (Phi) is 4.30. The summed E-state index contributed by atoms with van der Waals surface area (Å²) in [5.41, 5.74) is 1.15. The Hall–Kier alpha value is -2.43. The van der Waals surface area contributed by atoms with Gasteiger partial charge in [0, 0.05) is 19.0 Å². The summed E-state index contributed by atoms with van der Waals surface area (Å²) in [6, 6.07) is 11.2. The predicted octanol–water partition coefficient (Wildman–Crippen LogP) is 1.87. The minimum atomic E-state index is -0.337. The van der Waals surface area contributed by atoms with Gasteiger partial charge in [-0.05, 0) is 12.1 Å². The number of amides is 1. The molecule has 2 rings (SSSR count). The number of para-hydroxylation sites is 1. The summed E-state index contributed by atoms with van der Waals surface area (Å²) >= 11 is 0. The first-order chi connectivity index (χ1) is 9.61. The Morgan fingerprint density at radius 2 is 1.95 bits per heavy atom. The Morgan fingerprint density at radius 1 is 1.20 bits per heavy atom. The zero-order valence-corrected chi connectivity index (χ0v) is 11.5. The molecule has 104 valence electrons. The third kappa shape index (κ3) is 3.12. The lowest BCUT2D eigenvalue weighted by Crippen LogP contribution is -2.29. The standard InChI is InChI=1S/C15H16N2O3/c1-17(10-9-14(18)20-2)15(19)13-8-7-11-5-3-4-6-12(11)16-13/h3-8H,9-10H2,1-2H3. The molecule has 0 saturated carbocycles. The van der Waals surface area contributed by atoms with Crippen molar-refractivity contribution in [2.24, 2.45) is 0 Å². The number of aromatic nitrogens is 1. The zero-order valence-electron chi connectivity index (χ0n) is 11.5. The SMILES string of the molecule is COC(=O)CCN(C)C(=O)c1ccc2ccccc2n1. The summed E-state index contributed by atoms with van der Waals surface area (Å²) in [4.78, 5) is 29.1. The molecular weight excluding hydrogens is 256 g/mol. The molecule has 1 heterocycles. The first kappa shape index (κ1) is 14.0. The van der Waals surface area contributed by atoms with E-state index < -0.39 is 0 Å². The van der Waals surface area contributed by atoms with E-state index >= 15 is 0 Å². The van der Waals surface area contributed by atoms with Crippen LogP contribution in [0.1, 0.15) is 16.9 Å². The van der Waals surface area contributed by atoms with Gasteiger partial charge in [-0.15, -0.1) is 0 Å². The van der Waals surface area contributed by atoms with Crippen LogP contribution in [0, 0.1) is 0 Å². The van der Waals surface area contributed by atoms with Gasteiger partial charge in [0.1, 0.15) is 5.69 Å². The van der Waals surface area contributed by atoms with Crippen LogP contribution in [0.5, 0.6) is 0 Å². The van der Waals surface area contributed by atoms with E-state index in [9.17, 15) is 9.59 Å². The summed E-state index contributed by atoms with van der Waals surface area (Å²) in [5, 5.41) is 0.987. The van der Waals surface area contributed by atoms with Crippen molar-refractivity contribution < 1.29 is 14.3 Å². The molecule has 0 N–H and O–H groups in total. The van der Waals surface area contributed by atoms with Gasteiger partial charge in [-0.2, -0.15) is 0 Å². The molecule has 5 nitrogen and oxygen atoms in total. The minimum Gasteiger partial charge on any atom is -0.469 e. The molecule has 0 aliphatic heterocycles. The van der Waals surface area contributed by atoms with E-state index in [1.54, 1.807) is 13.1 Å². The van der Waals surface area contributed by atoms with Crippen molar-refractivity contribution in [1.82, 2.24) is 9.88 Å². The molecule has 5 heteroatoms. The van der Waals surface area contributed by atoms with Crippen LogP contribution in [-0.2, 0) is 9.53 Å². The third-order valence-corrected chi connectivity index (χ3v) is 3.04. The first-order valence-electron chi connectivity index (χ1n) is 6.30. The van der Waals surface area contributed by atoms with Crippen LogP contribution >= 0.6 is 0 Å². The molecule has 0 aliphatic rings. The van der Waals surface area contributed by atoms with Crippen LogP contribution in [0.2, 0.25) is 0 Å². The number of pyridine rings is 1. The fourth-order valence-corrected chi connectivity index (χ4v) is 1.84. The van der Waals surface area contributed by atoms with Gasteiger partial charge in [-0.1, -0.05) is 24.3 Å². The number of hydrogen-bond donors (Lipinski definition) is 0. The quantitative estimate of drug-likeness (QED) is 0.797. The van der Waals surface area contributed by atoms with Crippen molar-refractivity contribution in [1.29, 1.82) is 0 Å². The van der Waals surface area contributed by atoms with Crippen molar-refractivity contribution >= 4 is 22.8 Å². The molecule has 0 bridgehead atoms. The average Bonchev–Trinajstić information content (AvgIpc) is 2.50. The minimum absolute atomic E-state index is 0.173. The molecule has 0 aliphatic carbocycles. The number of fused-ring (bicyclic) bond motifs is 1. The maximum absolute atomic E-state index is 12.2. The van der Waals surface area contributed by atoms with Crippen molar-refractivity contribution in [3.8, 4) is 0 Å². The van der Waals surface area contributed by atoms with Gasteiger partial charge < -0.3 is 9.64 Å². The van der Waals surface area contributed by atoms with E-state index in [1.807, 2.05) is 30.3 Å². The largest absolute Gasteiger partial charge is 0.469 e. The number of carbonyl (C=O) groups excluding carboxylic acids is 2. The lowest BCUT2D eigenvalue weighted by Gasteiger charge is -2.16. The molecule has 0 atom stereocenters. The molecular formula is C15H16N2O3. The highest BCUT2D eigenvalue weighted by atomic mass is 16.5. The monoisotopic (exact) mass is 272 g/mol. The molecule has 0 fully saturated rings. The summed E-state index contributed by atoms with van der Waals surface area (Å²) in [7, 11) is 2.97. The Bertz CT molecular complexity index is 640. The lowest BCUT2D eigenvalue weighted by molar-refractivity contribution is -0.140. The topological polar surface area (TPSA) is 59.5 Å². The van der Waals surface area contributed by atoms with Gasteiger partial charge in [-0.25, -0.2) is 4.98 Å². The summed E-state index contributed by atoms with van der Waals surface area (Å²) in [6.45, 7) is 0.306. The van der Waals surface area contributed by atoms with E-state index in [0.29, 0.717) is 12.2 Å². The highest BCUT2D eigenvalue weighted by molar-refractivity contribution is 5.94. The van der Waals surface area contributed by atoms with Gasteiger partial charge in [0.15, 0.2) is 0 Å². The molecule has 1 amide bonds. The molecule has 0 unspecified atom stereocenters. The van der Waals surface area contributed by atoms with Gasteiger partial charge in [0.2, 0.25) is 0 Å². The van der Waals surface area contributed by atoms with Crippen LogP contribution in [0.15, 0.2) is 36.4 Å². The van der Waals surface area contributed by atoms with Crippen LogP contribution in [-0.4, -0.2) is 42.5 Å². The maximum atomic E-state index is 12.2. The van der Waals surface area contributed by atoms with Crippen LogP contribution in [0.25, 0.3) is 10.9 Å². The second-order valence-electron chi connectivity index (χ2n) is 4.44. The van der Waals surface area contributed by atoms with E-state index in [-0.39, 0.29) is 18.3 Å². The molecule has 1 aromatic carbocycles. The number of rotatable bonds is 4. The van der Waals surface area contributed by atoms with Crippen molar-refractivity contribution in [2.75, 3.05) is 20.7 Å². The number of hydrogen-bond acceptors (Lipinski definition) is 4. The molecule has 1 aromatic heterocycles. The number of carbonyl (C=O) groups is 2. The summed E-state index contributed by atoms with van der Waals surface area (Å²) < 4.78 is 4.55. The highest BCUT2D eigenvalue weighted by Crippen LogP contribution is 2.12. The second-order valence-corrected chi connectivity index (χ2v) is 4.44. The third-order valence-electron chi connectivity index (χ3n) is 3.04. The number of benzene rings is 1. The van der Waals surface area contributed by atoms with E-state index in [4.69, 9.17) is 0 Å². The van der Waals surface area contributed by atoms with Crippen LogP contribution in [0.4, 0.5) is 0 Å². The van der Waals surface area contributed by atoms with Gasteiger partial charge in [0.05, 0.1) is 19.0 Å². The fraction of sp³-hybridized carbons (Fsp3) is 0.267. The average molecular weight is 272 g/mol. The number of methoxy groups -OCH3 is 1. The molecule has 0 radical (unpaired) electrons. The molecule has 20 heavy (non-hydrogen) atoms. The fourth-order valence-electron chi connectivity index (χ4n) is 1.84. The molecule has 0 spiro atoms. The first-order valence-corrected chi connectivity index (χ1v) is 6.30. The Labute approximate surface area is 117 Å². The van der Waals surface area contributed by atoms with E-state index in [0.717, 1.165) is 10.9 Å². The van der Waals surface area contributed by atoms with Gasteiger partial charge >= 0.3 is 5.97 Å². The second kappa shape index (κ2) is 6.14. The predicted molar refractivity (Wildman–Crippen MR) is 75.3 cm³/mol. The van der Waals surface area contributed by atoms with Gasteiger partial charge in [-0.3, -0.25) is 9.59 Å². The Morgan fingerprint density at radius 3 is 2.70 bits per heavy atom. The zero-order chi connectivity index (χ0) is 14.5. The van der Waals surface area contributed by atoms with Crippen molar-refractivity contribution in [3.63, 3.8) is 0 Å². The Balaban J connectivity index is 2.12.